The maximum absolute atomic E-state index is 14.8. The highest BCUT2D eigenvalue weighted by Gasteiger charge is 2.26. The molecule has 1 amide bonds. The van der Waals surface area contributed by atoms with Gasteiger partial charge in [0.2, 0.25) is 0 Å². The van der Waals surface area contributed by atoms with E-state index in [1.165, 1.54) is 53.7 Å². The van der Waals surface area contributed by atoms with Gasteiger partial charge in [0.1, 0.15) is 17.5 Å². The number of sulfone groups is 1. The molecule has 0 spiro atoms. The average molecular weight is 500 g/mol. The highest BCUT2D eigenvalue weighted by atomic mass is 35.5. The Morgan fingerprint density at radius 1 is 1.12 bits per heavy atom. The summed E-state index contributed by atoms with van der Waals surface area (Å²) in [5, 5.41) is 0.488. The molecule has 0 radical (unpaired) electrons. The summed E-state index contributed by atoms with van der Waals surface area (Å²) in [6.07, 6.45) is 3.71. The Bertz CT molecular complexity index is 1530. The van der Waals surface area contributed by atoms with Crippen molar-refractivity contribution in [1.82, 2.24) is 15.0 Å². The number of benzene rings is 2. The largest absolute Gasteiger partial charge is 0.384 e. The van der Waals surface area contributed by atoms with Gasteiger partial charge in [-0.1, -0.05) is 11.6 Å². The molecule has 2 heterocycles. The molecule has 0 unspecified atom stereocenters. The molecule has 8 nitrogen and oxygen atoms in total. The van der Waals surface area contributed by atoms with E-state index >= 15 is 0 Å². The van der Waals surface area contributed by atoms with Crippen LogP contribution in [0.4, 0.5) is 15.9 Å². The topological polar surface area (TPSA) is 119 Å². The number of nitrogen functional groups attached to an aromatic ring is 1. The monoisotopic (exact) mass is 499 g/mol. The molecule has 11 heteroatoms. The second kappa shape index (κ2) is 8.96. The van der Waals surface area contributed by atoms with Crippen molar-refractivity contribution in [3.8, 4) is 0 Å². The predicted molar refractivity (Wildman–Crippen MR) is 128 cm³/mol. The minimum Gasteiger partial charge on any atom is -0.384 e. The smallest absolute Gasteiger partial charge is 0.261 e. The van der Waals surface area contributed by atoms with Crippen LogP contribution in [0.2, 0.25) is 5.02 Å². The number of amides is 1. The van der Waals surface area contributed by atoms with Gasteiger partial charge in [0, 0.05) is 29.1 Å². The van der Waals surface area contributed by atoms with E-state index in [0.29, 0.717) is 16.9 Å². The van der Waals surface area contributed by atoms with E-state index in [9.17, 15) is 17.6 Å². The van der Waals surface area contributed by atoms with Gasteiger partial charge in [0.05, 0.1) is 28.2 Å². The Kier molecular flexibility index (Phi) is 6.20. The molecule has 34 heavy (non-hydrogen) atoms. The van der Waals surface area contributed by atoms with Gasteiger partial charge in [0.25, 0.3) is 5.91 Å². The summed E-state index contributed by atoms with van der Waals surface area (Å²) in [6, 6.07) is 9.97. The van der Waals surface area contributed by atoms with Crippen molar-refractivity contribution in [2.45, 2.75) is 18.4 Å². The van der Waals surface area contributed by atoms with Crippen LogP contribution in [0.25, 0.3) is 10.9 Å². The van der Waals surface area contributed by atoms with Crippen LogP contribution < -0.4 is 10.6 Å². The molecule has 0 aliphatic heterocycles. The van der Waals surface area contributed by atoms with Gasteiger partial charge in [-0.05, 0) is 55.0 Å². The van der Waals surface area contributed by atoms with Crippen molar-refractivity contribution in [2.75, 3.05) is 16.9 Å². The summed E-state index contributed by atoms with van der Waals surface area (Å²) in [5.41, 5.74) is 6.57. The third-order valence-corrected chi connectivity index (χ3v) is 6.44. The maximum atomic E-state index is 14.8. The zero-order valence-electron chi connectivity index (χ0n) is 18.2. The predicted octanol–water partition coefficient (Wildman–Crippen LogP) is 3.96. The second-order valence-corrected chi connectivity index (χ2v) is 10.1. The summed E-state index contributed by atoms with van der Waals surface area (Å²) >= 11 is 6.16. The number of carbonyl (C=O) groups is 1. The zero-order chi connectivity index (χ0) is 24.6. The van der Waals surface area contributed by atoms with Crippen LogP contribution in [-0.2, 0) is 16.4 Å². The standard InChI is InChI=1S/C23H19ClFN5O3S/c1-13-27-10-15(11-28-13)23(31)30(20-9-16(24)3-5-21(20)34(2,32)33)12-14-7-18(25)17-4-6-22(26)29-19(17)8-14/h3-11H,12H2,1-2H3,(H2,26,29). The molecule has 174 valence electrons. The number of aromatic nitrogens is 3. The van der Waals surface area contributed by atoms with Gasteiger partial charge in [-0.25, -0.2) is 27.8 Å². The molecule has 2 aromatic carbocycles. The lowest BCUT2D eigenvalue weighted by atomic mass is 10.1. The molecular formula is C23H19ClFN5O3S. The summed E-state index contributed by atoms with van der Waals surface area (Å²) in [7, 11) is -3.75. The highest BCUT2D eigenvalue weighted by Crippen LogP contribution is 2.32. The quantitative estimate of drug-likeness (QED) is 0.441. The number of aryl methyl sites for hydroxylation is 1. The SMILES string of the molecule is Cc1ncc(C(=O)N(Cc2cc(F)c3ccc(N)nc3c2)c2cc(Cl)ccc2S(C)(=O)=O)cn1. The minimum absolute atomic E-state index is 0.0432. The Morgan fingerprint density at radius 2 is 1.82 bits per heavy atom. The summed E-state index contributed by atoms with van der Waals surface area (Å²) in [4.78, 5) is 26.9. The molecule has 0 aliphatic rings. The fourth-order valence-electron chi connectivity index (χ4n) is 3.47. The van der Waals surface area contributed by atoms with E-state index in [1.54, 1.807) is 13.0 Å². The van der Waals surface area contributed by atoms with Gasteiger partial charge < -0.3 is 10.6 Å². The molecule has 4 aromatic rings. The first kappa shape index (κ1) is 23.5. The van der Waals surface area contributed by atoms with E-state index in [-0.39, 0.29) is 38.9 Å². The van der Waals surface area contributed by atoms with E-state index in [4.69, 9.17) is 17.3 Å². The van der Waals surface area contributed by atoms with Crippen LogP contribution in [0.15, 0.2) is 59.8 Å². The van der Waals surface area contributed by atoms with E-state index < -0.39 is 21.6 Å². The molecule has 0 atom stereocenters. The number of fused-ring (bicyclic) bond motifs is 1. The average Bonchev–Trinajstić information content (AvgIpc) is 2.76. The summed E-state index contributed by atoms with van der Waals surface area (Å²) in [5.74, 6) is -0.473. The van der Waals surface area contributed by atoms with Gasteiger partial charge in [-0.3, -0.25) is 4.79 Å². The van der Waals surface area contributed by atoms with Crippen molar-refractivity contribution in [3.63, 3.8) is 0 Å². The Hall–Kier alpha value is -3.63. The van der Waals surface area contributed by atoms with E-state index in [2.05, 4.69) is 15.0 Å². The fourth-order valence-corrected chi connectivity index (χ4v) is 4.51. The Morgan fingerprint density at radius 3 is 2.50 bits per heavy atom. The van der Waals surface area contributed by atoms with E-state index in [1.807, 2.05) is 0 Å². The van der Waals surface area contributed by atoms with Crippen molar-refractivity contribution < 1.29 is 17.6 Å². The van der Waals surface area contributed by atoms with Crippen molar-refractivity contribution in [1.29, 1.82) is 0 Å². The number of carbonyl (C=O) groups excluding carboxylic acids is 1. The lowest BCUT2D eigenvalue weighted by Crippen LogP contribution is -2.32. The molecule has 0 aliphatic carbocycles. The van der Waals surface area contributed by atoms with Crippen LogP contribution in [0.3, 0.4) is 0 Å². The normalized spacial score (nSPS) is 11.5. The molecule has 0 bridgehead atoms. The number of nitrogens with zero attached hydrogens (tertiary/aromatic N) is 4. The number of rotatable bonds is 5. The van der Waals surface area contributed by atoms with Crippen molar-refractivity contribution in [2.24, 2.45) is 0 Å². The van der Waals surface area contributed by atoms with Gasteiger partial charge >= 0.3 is 0 Å². The number of halogens is 2. The van der Waals surface area contributed by atoms with Crippen molar-refractivity contribution >= 4 is 49.8 Å². The van der Waals surface area contributed by atoms with Crippen molar-refractivity contribution in [3.05, 3.63) is 82.6 Å². The van der Waals surface area contributed by atoms with Crippen LogP contribution in [0, 0.1) is 12.7 Å². The number of hydrogen-bond acceptors (Lipinski definition) is 7. The van der Waals surface area contributed by atoms with Gasteiger partial charge in [0.15, 0.2) is 9.84 Å². The first-order chi connectivity index (χ1) is 16.0. The zero-order valence-corrected chi connectivity index (χ0v) is 19.7. The first-order valence-electron chi connectivity index (χ1n) is 9.98. The lowest BCUT2D eigenvalue weighted by molar-refractivity contribution is 0.0984. The Balaban J connectivity index is 1.89. The minimum atomic E-state index is -3.75. The molecule has 0 saturated heterocycles. The van der Waals surface area contributed by atoms with E-state index in [0.717, 1.165) is 6.26 Å². The fraction of sp³-hybridized carbons (Fsp3) is 0.130. The number of anilines is 2. The molecule has 2 N–H and O–H groups in total. The van der Waals surface area contributed by atoms with Crippen LogP contribution in [0.5, 0.6) is 0 Å². The highest BCUT2D eigenvalue weighted by molar-refractivity contribution is 7.90. The second-order valence-electron chi connectivity index (χ2n) is 7.67. The summed E-state index contributed by atoms with van der Waals surface area (Å²) < 4.78 is 39.8. The lowest BCUT2D eigenvalue weighted by Gasteiger charge is -2.25. The molecule has 0 fully saturated rings. The number of hydrogen-bond donors (Lipinski definition) is 1. The van der Waals surface area contributed by atoms with Gasteiger partial charge in [-0.2, -0.15) is 0 Å². The van der Waals surface area contributed by atoms with Gasteiger partial charge in [-0.15, -0.1) is 0 Å². The number of pyridine rings is 1. The molecule has 0 saturated carbocycles. The van der Waals surface area contributed by atoms with Crippen LogP contribution in [0.1, 0.15) is 21.7 Å². The Labute approximate surface area is 200 Å². The van der Waals surface area contributed by atoms with Crippen LogP contribution in [-0.4, -0.2) is 35.5 Å². The third kappa shape index (κ3) is 4.82. The molecular weight excluding hydrogens is 481 g/mol. The maximum Gasteiger partial charge on any atom is 0.261 e. The first-order valence-corrected chi connectivity index (χ1v) is 12.2. The third-order valence-electron chi connectivity index (χ3n) is 5.06. The number of nitrogens with two attached hydrogens (primary N) is 1. The van der Waals surface area contributed by atoms with Crippen LogP contribution >= 0.6 is 11.6 Å². The summed E-state index contributed by atoms with van der Waals surface area (Å²) in [6.45, 7) is 1.49. The molecule has 2 aromatic heterocycles. The molecule has 4 rings (SSSR count).